The van der Waals surface area contributed by atoms with Crippen molar-refractivity contribution in [3.05, 3.63) is 11.6 Å². The van der Waals surface area contributed by atoms with Crippen molar-refractivity contribution in [1.29, 1.82) is 0 Å². The standard InChI is InChI=1S/C11H21NO/c1-9(10(2)13)12-8-7-11-5-3-4-6-11/h5,9-10,12-13H,3-4,6-8H2,1-2H3. The molecule has 76 valence electrons. The van der Waals surface area contributed by atoms with Crippen molar-refractivity contribution in [3.8, 4) is 0 Å². The minimum atomic E-state index is -0.252. The van der Waals surface area contributed by atoms with Crippen LogP contribution in [0.2, 0.25) is 0 Å². The van der Waals surface area contributed by atoms with Crippen molar-refractivity contribution in [2.75, 3.05) is 6.54 Å². The van der Waals surface area contributed by atoms with Gasteiger partial charge in [0.2, 0.25) is 0 Å². The average Bonchev–Trinajstić information content (AvgIpc) is 2.56. The van der Waals surface area contributed by atoms with E-state index < -0.39 is 0 Å². The number of hydrogen-bond donors (Lipinski definition) is 2. The van der Waals surface area contributed by atoms with Crippen LogP contribution in [0.15, 0.2) is 11.6 Å². The van der Waals surface area contributed by atoms with Gasteiger partial charge in [-0.3, -0.25) is 0 Å². The van der Waals surface area contributed by atoms with E-state index in [4.69, 9.17) is 0 Å². The van der Waals surface area contributed by atoms with E-state index in [0.717, 1.165) is 13.0 Å². The first-order valence-electron chi connectivity index (χ1n) is 5.29. The summed E-state index contributed by atoms with van der Waals surface area (Å²) in [5, 5.41) is 12.6. The Labute approximate surface area is 81.0 Å². The van der Waals surface area contributed by atoms with Gasteiger partial charge >= 0.3 is 0 Å². The summed E-state index contributed by atoms with van der Waals surface area (Å²) in [5.41, 5.74) is 1.59. The first-order chi connectivity index (χ1) is 6.20. The molecule has 1 rings (SSSR count). The highest BCUT2D eigenvalue weighted by molar-refractivity contribution is 5.07. The van der Waals surface area contributed by atoms with Gasteiger partial charge in [-0.2, -0.15) is 0 Å². The summed E-state index contributed by atoms with van der Waals surface area (Å²) in [5.74, 6) is 0. The zero-order valence-corrected chi connectivity index (χ0v) is 8.71. The number of nitrogens with one attached hydrogen (secondary N) is 1. The van der Waals surface area contributed by atoms with Crippen molar-refractivity contribution in [1.82, 2.24) is 5.32 Å². The molecule has 0 radical (unpaired) electrons. The second-order valence-electron chi connectivity index (χ2n) is 3.99. The first kappa shape index (κ1) is 10.7. The number of rotatable bonds is 5. The van der Waals surface area contributed by atoms with Crippen molar-refractivity contribution in [3.63, 3.8) is 0 Å². The molecule has 2 unspecified atom stereocenters. The van der Waals surface area contributed by atoms with E-state index in [1.165, 1.54) is 19.3 Å². The second kappa shape index (κ2) is 5.40. The van der Waals surface area contributed by atoms with Crippen LogP contribution in [-0.2, 0) is 0 Å². The van der Waals surface area contributed by atoms with E-state index >= 15 is 0 Å². The van der Waals surface area contributed by atoms with Crippen LogP contribution >= 0.6 is 0 Å². The van der Waals surface area contributed by atoms with E-state index in [-0.39, 0.29) is 12.1 Å². The Morgan fingerprint density at radius 3 is 2.85 bits per heavy atom. The van der Waals surface area contributed by atoms with E-state index in [2.05, 4.69) is 11.4 Å². The molecule has 1 aliphatic carbocycles. The van der Waals surface area contributed by atoms with Crippen LogP contribution in [-0.4, -0.2) is 23.8 Å². The van der Waals surface area contributed by atoms with Crippen molar-refractivity contribution in [2.24, 2.45) is 0 Å². The fourth-order valence-corrected chi connectivity index (χ4v) is 1.60. The Balaban J connectivity index is 2.06. The fourth-order valence-electron chi connectivity index (χ4n) is 1.60. The molecular weight excluding hydrogens is 162 g/mol. The molecule has 2 atom stereocenters. The van der Waals surface area contributed by atoms with E-state index in [9.17, 15) is 5.11 Å². The lowest BCUT2D eigenvalue weighted by molar-refractivity contribution is 0.153. The van der Waals surface area contributed by atoms with Gasteiger partial charge in [0.15, 0.2) is 0 Å². The molecule has 0 heterocycles. The van der Waals surface area contributed by atoms with Crippen molar-refractivity contribution < 1.29 is 5.11 Å². The summed E-state index contributed by atoms with van der Waals surface area (Å²) < 4.78 is 0. The van der Waals surface area contributed by atoms with Crippen LogP contribution in [0.1, 0.15) is 39.5 Å². The SMILES string of the molecule is CC(O)C(C)NCCC1=CCCC1. The Hall–Kier alpha value is -0.340. The van der Waals surface area contributed by atoms with Crippen molar-refractivity contribution in [2.45, 2.75) is 51.7 Å². The molecule has 0 fully saturated rings. The summed E-state index contributed by atoms with van der Waals surface area (Å²) in [4.78, 5) is 0. The van der Waals surface area contributed by atoms with Gasteiger partial charge in [-0.1, -0.05) is 11.6 Å². The summed E-state index contributed by atoms with van der Waals surface area (Å²) in [6, 6.07) is 0.210. The van der Waals surface area contributed by atoms with Crippen LogP contribution in [0, 0.1) is 0 Å². The van der Waals surface area contributed by atoms with E-state index in [1.807, 2.05) is 13.8 Å². The summed E-state index contributed by atoms with van der Waals surface area (Å²) in [6.07, 6.45) is 7.14. The number of allylic oxidation sites excluding steroid dienone is 1. The van der Waals surface area contributed by atoms with Gasteiger partial charge in [0.05, 0.1) is 6.10 Å². The lowest BCUT2D eigenvalue weighted by Gasteiger charge is -2.16. The molecule has 0 aliphatic heterocycles. The molecule has 13 heavy (non-hydrogen) atoms. The fraction of sp³-hybridized carbons (Fsp3) is 0.818. The molecule has 0 aromatic carbocycles. The van der Waals surface area contributed by atoms with Gasteiger partial charge in [-0.25, -0.2) is 0 Å². The third-order valence-corrected chi connectivity index (χ3v) is 2.77. The van der Waals surface area contributed by atoms with Crippen LogP contribution in [0.5, 0.6) is 0 Å². The van der Waals surface area contributed by atoms with Gasteiger partial charge in [0, 0.05) is 6.04 Å². The Kier molecular flexibility index (Phi) is 4.46. The van der Waals surface area contributed by atoms with E-state index in [1.54, 1.807) is 5.57 Å². The Morgan fingerprint density at radius 1 is 1.54 bits per heavy atom. The van der Waals surface area contributed by atoms with Gasteiger partial charge in [-0.05, 0) is 46.1 Å². The molecule has 0 spiro atoms. The normalized spacial score (nSPS) is 21.3. The predicted octanol–water partition coefficient (Wildman–Crippen LogP) is 1.85. The molecular formula is C11H21NO. The maximum Gasteiger partial charge on any atom is 0.0662 e. The minimum Gasteiger partial charge on any atom is -0.392 e. The number of aliphatic hydroxyl groups is 1. The molecule has 0 aromatic heterocycles. The lowest BCUT2D eigenvalue weighted by atomic mass is 10.1. The van der Waals surface area contributed by atoms with Crippen LogP contribution < -0.4 is 5.32 Å². The summed E-state index contributed by atoms with van der Waals surface area (Å²) >= 11 is 0. The average molecular weight is 183 g/mol. The Bertz CT molecular complexity index is 175. The first-order valence-corrected chi connectivity index (χ1v) is 5.29. The quantitative estimate of drug-likeness (QED) is 0.637. The molecule has 2 nitrogen and oxygen atoms in total. The smallest absolute Gasteiger partial charge is 0.0662 e. The minimum absolute atomic E-state index is 0.210. The molecule has 2 N–H and O–H groups in total. The molecule has 0 saturated heterocycles. The third kappa shape index (κ3) is 3.92. The zero-order chi connectivity index (χ0) is 9.68. The maximum absolute atomic E-state index is 9.24. The molecule has 2 heteroatoms. The zero-order valence-electron chi connectivity index (χ0n) is 8.71. The number of hydrogen-bond acceptors (Lipinski definition) is 2. The maximum atomic E-state index is 9.24. The lowest BCUT2D eigenvalue weighted by Crippen LogP contribution is -2.36. The van der Waals surface area contributed by atoms with Gasteiger partial charge in [0.25, 0.3) is 0 Å². The third-order valence-electron chi connectivity index (χ3n) is 2.77. The highest BCUT2D eigenvalue weighted by atomic mass is 16.3. The monoisotopic (exact) mass is 183 g/mol. The molecule has 0 bridgehead atoms. The molecule has 0 amide bonds. The molecule has 0 aromatic rings. The highest BCUT2D eigenvalue weighted by Crippen LogP contribution is 2.19. The summed E-state index contributed by atoms with van der Waals surface area (Å²) in [7, 11) is 0. The Morgan fingerprint density at radius 2 is 2.31 bits per heavy atom. The summed E-state index contributed by atoms with van der Waals surface area (Å²) in [6.45, 7) is 4.85. The van der Waals surface area contributed by atoms with Gasteiger partial charge in [0.1, 0.15) is 0 Å². The predicted molar refractivity (Wildman–Crippen MR) is 55.7 cm³/mol. The largest absolute Gasteiger partial charge is 0.392 e. The second-order valence-corrected chi connectivity index (χ2v) is 3.99. The number of aliphatic hydroxyl groups excluding tert-OH is 1. The van der Waals surface area contributed by atoms with Crippen molar-refractivity contribution >= 4 is 0 Å². The van der Waals surface area contributed by atoms with E-state index in [0.29, 0.717) is 0 Å². The van der Waals surface area contributed by atoms with Crippen LogP contribution in [0.4, 0.5) is 0 Å². The highest BCUT2D eigenvalue weighted by Gasteiger charge is 2.08. The van der Waals surface area contributed by atoms with Crippen LogP contribution in [0.25, 0.3) is 0 Å². The van der Waals surface area contributed by atoms with Gasteiger partial charge in [-0.15, -0.1) is 0 Å². The molecule has 1 aliphatic rings. The molecule has 0 saturated carbocycles. The van der Waals surface area contributed by atoms with Gasteiger partial charge < -0.3 is 10.4 Å². The topological polar surface area (TPSA) is 32.3 Å². The van der Waals surface area contributed by atoms with Crippen LogP contribution in [0.3, 0.4) is 0 Å².